The summed E-state index contributed by atoms with van der Waals surface area (Å²) in [7, 11) is 1.58. The number of rotatable bonds is 4. The lowest BCUT2D eigenvalue weighted by atomic mass is 10.1. The van der Waals surface area contributed by atoms with E-state index in [1.807, 2.05) is 11.8 Å². The van der Waals surface area contributed by atoms with Gasteiger partial charge in [-0.3, -0.25) is 0 Å². The van der Waals surface area contributed by atoms with Crippen LogP contribution < -0.4 is 15.0 Å². The van der Waals surface area contributed by atoms with Crippen molar-refractivity contribution in [3.05, 3.63) is 36.4 Å². The van der Waals surface area contributed by atoms with Crippen molar-refractivity contribution >= 4 is 11.8 Å². The zero-order chi connectivity index (χ0) is 18.5. The molecule has 0 saturated carbocycles. The number of aromatic nitrogens is 2. The standard InChI is InChI=1S/C18H22FN5O2/c1-3-20-18(25)24-10-8-23(9-11-24)17-15(19)16(21-12-22-17)13-4-6-14(26-2)7-5-13/h4-7,12H,3,8-11H2,1-2H3,(H,20,25). The van der Waals surface area contributed by atoms with Gasteiger partial charge in [0.2, 0.25) is 0 Å². The molecule has 8 heteroatoms. The fraction of sp³-hybridized carbons (Fsp3) is 0.389. The number of hydrogen-bond donors (Lipinski definition) is 1. The Bertz CT molecular complexity index is 761. The number of nitrogens with zero attached hydrogens (tertiary/aromatic N) is 4. The molecule has 3 rings (SSSR count). The van der Waals surface area contributed by atoms with Gasteiger partial charge >= 0.3 is 6.03 Å². The minimum absolute atomic E-state index is 0.0887. The molecule has 0 unspecified atom stereocenters. The molecule has 1 aliphatic heterocycles. The molecule has 1 saturated heterocycles. The summed E-state index contributed by atoms with van der Waals surface area (Å²) in [4.78, 5) is 23.7. The number of urea groups is 1. The summed E-state index contributed by atoms with van der Waals surface area (Å²) in [5.41, 5.74) is 0.914. The quantitative estimate of drug-likeness (QED) is 0.906. The van der Waals surface area contributed by atoms with Gasteiger partial charge in [0.25, 0.3) is 0 Å². The molecule has 138 valence electrons. The summed E-state index contributed by atoms with van der Waals surface area (Å²) in [6.45, 7) is 4.55. The van der Waals surface area contributed by atoms with Gasteiger partial charge in [-0.2, -0.15) is 0 Å². The largest absolute Gasteiger partial charge is 0.497 e. The third kappa shape index (κ3) is 3.68. The Morgan fingerprint density at radius 3 is 2.50 bits per heavy atom. The number of carbonyl (C=O) groups excluding carboxylic acids is 1. The van der Waals surface area contributed by atoms with Crippen LogP contribution in [0.3, 0.4) is 0 Å². The average molecular weight is 359 g/mol. The van der Waals surface area contributed by atoms with Gasteiger partial charge in [-0.05, 0) is 31.2 Å². The molecule has 0 aliphatic carbocycles. The van der Waals surface area contributed by atoms with Crippen molar-refractivity contribution in [2.24, 2.45) is 0 Å². The molecule has 0 spiro atoms. The van der Waals surface area contributed by atoms with Gasteiger partial charge in [0.05, 0.1) is 7.11 Å². The summed E-state index contributed by atoms with van der Waals surface area (Å²) in [6.07, 6.45) is 1.37. The van der Waals surface area contributed by atoms with E-state index in [9.17, 15) is 4.79 Å². The van der Waals surface area contributed by atoms with Crippen LogP contribution in [-0.2, 0) is 0 Å². The van der Waals surface area contributed by atoms with E-state index < -0.39 is 5.82 Å². The van der Waals surface area contributed by atoms with Gasteiger partial charge in [0.1, 0.15) is 17.8 Å². The van der Waals surface area contributed by atoms with Crippen molar-refractivity contribution in [2.45, 2.75) is 6.92 Å². The molecular weight excluding hydrogens is 337 g/mol. The third-order valence-electron chi connectivity index (χ3n) is 4.33. The first-order valence-corrected chi connectivity index (χ1v) is 8.56. The highest BCUT2D eigenvalue weighted by molar-refractivity contribution is 5.74. The number of benzene rings is 1. The van der Waals surface area contributed by atoms with Crippen LogP contribution in [0.5, 0.6) is 5.75 Å². The van der Waals surface area contributed by atoms with Crippen LogP contribution in [0.4, 0.5) is 15.0 Å². The highest BCUT2D eigenvalue weighted by Crippen LogP contribution is 2.28. The first-order chi connectivity index (χ1) is 12.6. The average Bonchev–Trinajstić information content (AvgIpc) is 2.69. The molecule has 2 amide bonds. The van der Waals surface area contributed by atoms with E-state index in [1.165, 1.54) is 6.33 Å². The Balaban J connectivity index is 1.76. The number of ether oxygens (including phenoxy) is 1. The predicted molar refractivity (Wildman–Crippen MR) is 96.8 cm³/mol. The lowest BCUT2D eigenvalue weighted by Gasteiger charge is -2.35. The molecule has 0 bridgehead atoms. The number of halogens is 1. The predicted octanol–water partition coefficient (Wildman–Crippen LogP) is 2.14. The summed E-state index contributed by atoms with van der Waals surface area (Å²) >= 11 is 0. The Hall–Kier alpha value is -2.90. The van der Waals surface area contributed by atoms with Crippen LogP contribution in [0.1, 0.15) is 6.92 Å². The molecule has 2 aromatic rings. The molecule has 0 atom stereocenters. The highest BCUT2D eigenvalue weighted by Gasteiger charge is 2.25. The highest BCUT2D eigenvalue weighted by atomic mass is 19.1. The van der Waals surface area contributed by atoms with Crippen molar-refractivity contribution < 1.29 is 13.9 Å². The van der Waals surface area contributed by atoms with E-state index in [4.69, 9.17) is 4.74 Å². The van der Waals surface area contributed by atoms with Crippen LogP contribution in [0.15, 0.2) is 30.6 Å². The SMILES string of the molecule is CCNC(=O)N1CCN(c2ncnc(-c3ccc(OC)cc3)c2F)CC1. The molecule has 7 nitrogen and oxygen atoms in total. The monoisotopic (exact) mass is 359 g/mol. The summed E-state index contributed by atoms with van der Waals surface area (Å²) in [5, 5.41) is 2.78. The van der Waals surface area contributed by atoms with Crippen LogP contribution >= 0.6 is 0 Å². The fourth-order valence-electron chi connectivity index (χ4n) is 2.92. The zero-order valence-corrected chi connectivity index (χ0v) is 14.9. The normalized spacial score (nSPS) is 14.3. The van der Waals surface area contributed by atoms with Crippen molar-refractivity contribution in [1.29, 1.82) is 0 Å². The molecule has 1 N–H and O–H groups in total. The molecule has 1 aromatic heterocycles. The van der Waals surface area contributed by atoms with Crippen molar-refractivity contribution in [2.75, 3.05) is 44.7 Å². The molecule has 2 heterocycles. The Kier molecular flexibility index (Phi) is 5.50. The molecular formula is C18H22FN5O2. The Labute approximate surface area is 151 Å². The Morgan fingerprint density at radius 2 is 1.88 bits per heavy atom. The fourth-order valence-corrected chi connectivity index (χ4v) is 2.92. The summed E-state index contributed by atoms with van der Waals surface area (Å²) < 4.78 is 20.1. The van der Waals surface area contributed by atoms with E-state index in [-0.39, 0.29) is 17.5 Å². The lowest BCUT2D eigenvalue weighted by Crippen LogP contribution is -2.52. The van der Waals surface area contributed by atoms with E-state index in [2.05, 4.69) is 15.3 Å². The van der Waals surface area contributed by atoms with E-state index in [1.54, 1.807) is 36.3 Å². The summed E-state index contributed by atoms with van der Waals surface area (Å²) in [5.74, 6) is 0.510. The van der Waals surface area contributed by atoms with Crippen molar-refractivity contribution in [1.82, 2.24) is 20.2 Å². The number of amides is 2. The topological polar surface area (TPSA) is 70.6 Å². The second-order valence-electron chi connectivity index (χ2n) is 5.90. The molecule has 1 aliphatic rings. The minimum atomic E-state index is -0.455. The van der Waals surface area contributed by atoms with E-state index in [0.29, 0.717) is 44.0 Å². The number of nitrogens with one attached hydrogen (secondary N) is 1. The van der Waals surface area contributed by atoms with Crippen LogP contribution in [0, 0.1) is 5.82 Å². The number of piperazine rings is 1. The second kappa shape index (κ2) is 7.99. The lowest BCUT2D eigenvalue weighted by molar-refractivity contribution is 0.194. The Morgan fingerprint density at radius 1 is 1.19 bits per heavy atom. The van der Waals surface area contributed by atoms with Crippen LogP contribution in [-0.4, -0.2) is 60.7 Å². The first-order valence-electron chi connectivity index (χ1n) is 8.56. The zero-order valence-electron chi connectivity index (χ0n) is 14.9. The van der Waals surface area contributed by atoms with E-state index >= 15 is 4.39 Å². The van der Waals surface area contributed by atoms with Gasteiger partial charge in [-0.1, -0.05) is 0 Å². The van der Waals surface area contributed by atoms with Gasteiger partial charge in [0.15, 0.2) is 11.6 Å². The maximum atomic E-state index is 15.0. The molecule has 1 aromatic carbocycles. The molecule has 0 radical (unpaired) electrons. The van der Waals surface area contributed by atoms with Crippen molar-refractivity contribution in [3.63, 3.8) is 0 Å². The van der Waals surface area contributed by atoms with Gasteiger partial charge in [-0.15, -0.1) is 0 Å². The minimum Gasteiger partial charge on any atom is -0.497 e. The number of methoxy groups -OCH3 is 1. The van der Waals surface area contributed by atoms with Crippen molar-refractivity contribution in [3.8, 4) is 17.0 Å². The summed E-state index contributed by atoms with van der Waals surface area (Å²) in [6, 6.07) is 6.97. The maximum Gasteiger partial charge on any atom is 0.317 e. The van der Waals surface area contributed by atoms with Crippen LogP contribution in [0.25, 0.3) is 11.3 Å². The first kappa shape index (κ1) is 17.9. The number of anilines is 1. The number of hydrogen-bond acceptors (Lipinski definition) is 5. The second-order valence-corrected chi connectivity index (χ2v) is 5.90. The molecule has 26 heavy (non-hydrogen) atoms. The van der Waals surface area contributed by atoms with E-state index in [0.717, 1.165) is 0 Å². The maximum absolute atomic E-state index is 15.0. The number of carbonyl (C=O) groups is 1. The smallest absolute Gasteiger partial charge is 0.317 e. The van der Waals surface area contributed by atoms with Gasteiger partial charge < -0.3 is 19.9 Å². The molecule has 1 fully saturated rings. The third-order valence-corrected chi connectivity index (χ3v) is 4.33. The van der Waals surface area contributed by atoms with Gasteiger partial charge in [0, 0.05) is 38.3 Å². The van der Waals surface area contributed by atoms with Crippen LogP contribution in [0.2, 0.25) is 0 Å². The van der Waals surface area contributed by atoms with Gasteiger partial charge in [-0.25, -0.2) is 19.2 Å².